The summed E-state index contributed by atoms with van der Waals surface area (Å²) in [5.74, 6) is 1.69. The zero-order valence-electron chi connectivity index (χ0n) is 12.4. The van der Waals surface area contributed by atoms with Crippen LogP contribution in [0.3, 0.4) is 0 Å². The van der Waals surface area contributed by atoms with Gasteiger partial charge in [0.15, 0.2) is 0 Å². The highest BCUT2D eigenvalue weighted by atomic mass is 16.5. The third-order valence-corrected chi connectivity index (χ3v) is 4.33. The van der Waals surface area contributed by atoms with E-state index < -0.39 is 0 Å². The van der Waals surface area contributed by atoms with Crippen LogP contribution in [0.5, 0.6) is 0 Å². The first-order valence-electron chi connectivity index (χ1n) is 7.94. The Hall–Kier alpha value is -0.840. The van der Waals surface area contributed by atoms with Crippen molar-refractivity contribution in [1.29, 1.82) is 0 Å². The summed E-state index contributed by atoms with van der Waals surface area (Å²) in [7, 11) is 0. The summed E-state index contributed by atoms with van der Waals surface area (Å²) in [6.45, 7) is 7.12. The van der Waals surface area contributed by atoms with E-state index in [1.807, 2.05) is 6.07 Å². The molecule has 1 N–H and O–H groups in total. The van der Waals surface area contributed by atoms with E-state index in [0.717, 1.165) is 44.7 Å². The molecule has 1 aliphatic heterocycles. The monoisotopic (exact) mass is 278 g/mol. The van der Waals surface area contributed by atoms with Gasteiger partial charge < -0.3 is 14.5 Å². The fourth-order valence-corrected chi connectivity index (χ4v) is 3.02. The number of rotatable bonds is 8. The van der Waals surface area contributed by atoms with Gasteiger partial charge in [-0.25, -0.2) is 0 Å². The van der Waals surface area contributed by atoms with Gasteiger partial charge in [-0.05, 0) is 37.9 Å². The fraction of sp³-hybridized carbons (Fsp3) is 0.750. The lowest BCUT2D eigenvalue weighted by Gasteiger charge is -2.27. The number of hydrogen-bond donors (Lipinski definition) is 1. The molecule has 3 rings (SSSR count). The van der Waals surface area contributed by atoms with Crippen molar-refractivity contribution in [3.05, 3.63) is 24.2 Å². The summed E-state index contributed by atoms with van der Waals surface area (Å²) in [5, 5.41) is 3.63. The summed E-state index contributed by atoms with van der Waals surface area (Å²) >= 11 is 0. The van der Waals surface area contributed by atoms with Gasteiger partial charge >= 0.3 is 0 Å². The predicted octanol–water partition coefficient (Wildman–Crippen LogP) is 2.26. The van der Waals surface area contributed by atoms with Crippen LogP contribution in [0.25, 0.3) is 0 Å². The largest absolute Gasteiger partial charge is 0.468 e. The number of furan rings is 1. The van der Waals surface area contributed by atoms with Crippen LogP contribution in [0.4, 0.5) is 0 Å². The smallest absolute Gasteiger partial charge is 0.117 e. The fourth-order valence-electron chi connectivity index (χ4n) is 3.02. The average molecular weight is 278 g/mol. The SMILES string of the molecule is CCCNC1COCC1CN(Cc1ccco1)C1CC1. The van der Waals surface area contributed by atoms with Crippen LogP contribution in [0.2, 0.25) is 0 Å². The van der Waals surface area contributed by atoms with E-state index >= 15 is 0 Å². The lowest BCUT2D eigenvalue weighted by Crippen LogP contribution is -2.42. The van der Waals surface area contributed by atoms with Gasteiger partial charge in [0, 0.05) is 24.5 Å². The van der Waals surface area contributed by atoms with E-state index in [9.17, 15) is 0 Å². The lowest BCUT2D eigenvalue weighted by molar-refractivity contribution is 0.157. The third kappa shape index (κ3) is 3.62. The Balaban J connectivity index is 1.55. The molecule has 0 spiro atoms. The Bertz CT molecular complexity index is 389. The quantitative estimate of drug-likeness (QED) is 0.791. The Morgan fingerprint density at radius 2 is 2.25 bits per heavy atom. The molecule has 0 amide bonds. The van der Waals surface area contributed by atoms with Crippen molar-refractivity contribution in [1.82, 2.24) is 10.2 Å². The van der Waals surface area contributed by atoms with Gasteiger partial charge in [-0.2, -0.15) is 0 Å². The standard InChI is InChI=1S/C16H26N2O2/c1-2-7-17-16-12-19-11-13(16)9-18(14-5-6-14)10-15-4-3-8-20-15/h3-4,8,13-14,16-17H,2,5-7,9-12H2,1H3. The number of nitrogens with zero attached hydrogens (tertiary/aromatic N) is 1. The van der Waals surface area contributed by atoms with E-state index in [1.165, 1.54) is 19.3 Å². The van der Waals surface area contributed by atoms with Crippen LogP contribution in [-0.2, 0) is 11.3 Å². The molecule has 2 unspecified atom stereocenters. The van der Waals surface area contributed by atoms with Crippen LogP contribution in [0.1, 0.15) is 31.9 Å². The third-order valence-electron chi connectivity index (χ3n) is 4.33. The summed E-state index contributed by atoms with van der Waals surface area (Å²) in [6.07, 6.45) is 5.62. The van der Waals surface area contributed by atoms with Gasteiger partial charge in [0.2, 0.25) is 0 Å². The van der Waals surface area contributed by atoms with Gasteiger partial charge in [0.25, 0.3) is 0 Å². The van der Waals surface area contributed by atoms with E-state index in [1.54, 1.807) is 6.26 Å². The summed E-state index contributed by atoms with van der Waals surface area (Å²) in [6, 6.07) is 5.33. The normalized spacial score (nSPS) is 26.5. The molecule has 2 fully saturated rings. The molecule has 1 saturated carbocycles. The van der Waals surface area contributed by atoms with Gasteiger partial charge in [0.1, 0.15) is 5.76 Å². The molecule has 20 heavy (non-hydrogen) atoms. The van der Waals surface area contributed by atoms with Crippen molar-refractivity contribution in [2.45, 2.75) is 44.8 Å². The first kappa shape index (κ1) is 14.1. The molecule has 2 aliphatic rings. The van der Waals surface area contributed by atoms with Crippen LogP contribution in [0.15, 0.2) is 22.8 Å². The van der Waals surface area contributed by atoms with Crippen LogP contribution in [-0.4, -0.2) is 43.3 Å². The van der Waals surface area contributed by atoms with Crippen molar-refractivity contribution in [2.75, 3.05) is 26.3 Å². The maximum absolute atomic E-state index is 5.69. The molecule has 4 heteroatoms. The maximum Gasteiger partial charge on any atom is 0.117 e. The predicted molar refractivity (Wildman–Crippen MR) is 78.5 cm³/mol. The van der Waals surface area contributed by atoms with Gasteiger partial charge in [-0.3, -0.25) is 4.90 Å². The molecule has 0 bridgehead atoms. The van der Waals surface area contributed by atoms with Crippen molar-refractivity contribution in [2.24, 2.45) is 5.92 Å². The minimum Gasteiger partial charge on any atom is -0.468 e. The molecule has 0 aromatic carbocycles. The second-order valence-corrected chi connectivity index (χ2v) is 6.10. The Morgan fingerprint density at radius 1 is 1.35 bits per heavy atom. The van der Waals surface area contributed by atoms with E-state index in [0.29, 0.717) is 12.0 Å². The molecule has 1 aromatic rings. The van der Waals surface area contributed by atoms with Crippen molar-refractivity contribution >= 4 is 0 Å². The highest BCUT2D eigenvalue weighted by molar-refractivity contribution is 5.00. The molecule has 2 atom stereocenters. The van der Waals surface area contributed by atoms with E-state index in [2.05, 4.69) is 23.2 Å². The zero-order valence-corrected chi connectivity index (χ0v) is 12.4. The summed E-state index contributed by atoms with van der Waals surface area (Å²) < 4.78 is 11.2. The summed E-state index contributed by atoms with van der Waals surface area (Å²) in [5.41, 5.74) is 0. The highest BCUT2D eigenvalue weighted by Gasteiger charge is 2.35. The van der Waals surface area contributed by atoms with Gasteiger partial charge in [0.05, 0.1) is 26.0 Å². The maximum atomic E-state index is 5.69. The number of nitrogens with one attached hydrogen (secondary N) is 1. The molecule has 1 aliphatic carbocycles. The Morgan fingerprint density at radius 3 is 2.95 bits per heavy atom. The van der Waals surface area contributed by atoms with E-state index in [4.69, 9.17) is 9.15 Å². The minimum absolute atomic E-state index is 0.521. The second-order valence-electron chi connectivity index (χ2n) is 6.10. The second kappa shape index (κ2) is 6.74. The highest BCUT2D eigenvalue weighted by Crippen LogP contribution is 2.30. The first-order chi connectivity index (χ1) is 9.86. The van der Waals surface area contributed by atoms with Crippen molar-refractivity contribution in [3.8, 4) is 0 Å². The van der Waals surface area contributed by atoms with Gasteiger partial charge in [-0.1, -0.05) is 6.92 Å². The van der Waals surface area contributed by atoms with Gasteiger partial charge in [-0.15, -0.1) is 0 Å². The van der Waals surface area contributed by atoms with Crippen LogP contribution < -0.4 is 5.32 Å². The molecule has 0 radical (unpaired) electrons. The first-order valence-corrected chi connectivity index (χ1v) is 7.94. The zero-order chi connectivity index (χ0) is 13.8. The van der Waals surface area contributed by atoms with Crippen LogP contribution >= 0.6 is 0 Å². The topological polar surface area (TPSA) is 37.6 Å². The number of hydrogen-bond acceptors (Lipinski definition) is 4. The van der Waals surface area contributed by atoms with E-state index in [-0.39, 0.29) is 0 Å². The van der Waals surface area contributed by atoms with Crippen molar-refractivity contribution in [3.63, 3.8) is 0 Å². The molecule has 112 valence electrons. The molecule has 2 heterocycles. The molecular weight excluding hydrogens is 252 g/mol. The minimum atomic E-state index is 0.521. The molecule has 1 aromatic heterocycles. The Labute approximate surface area is 121 Å². The molecule has 4 nitrogen and oxygen atoms in total. The summed E-state index contributed by atoms with van der Waals surface area (Å²) in [4.78, 5) is 2.58. The lowest BCUT2D eigenvalue weighted by atomic mass is 10.0. The molecular formula is C16H26N2O2. The average Bonchev–Trinajstić information content (AvgIpc) is 3.00. The van der Waals surface area contributed by atoms with Crippen molar-refractivity contribution < 1.29 is 9.15 Å². The number of ether oxygens (including phenoxy) is 1. The van der Waals surface area contributed by atoms with Crippen LogP contribution in [0, 0.1) is 5.92 Å². The Kier molecular flexibility index (Phi) is 4.76. The molecule has 1 saturated heterocycles.